The highest BCUT2D eigenvalue weighted by Crippen LogP contribution is 2.16. The van der Waals surface area contributed by atoms with Gasteiger partial charge in [-0.25, -0.2) is 5.43 Å². The van der Waals surface area contributed by atoms with E-state index in [4.69, 9.17) is 21.1 Å². The zero-order chi connectivity index (χ0) is 19.8. The molecule has 0 aliphatic carbocycles. The molecule has 3 aromatic carbocycles. The number of carbonyl (C=O) groups excluding carboxylic acids is 1. The standard InChI is InChI=1S/C22H19ClN2O3/c1-27-20-6-3-5-18(13-20)22(26)25-24-14-17-4-2-7-21(12-17)28-15-16-8-10-19(23)11-9-16/h2-14H,15H2,1H3,(H,25,26)/b24-14+. The van der Waals surface area contributed by atoms with Gasteiger partial charge in [0, 0.05) is 10.6 Å². The van der Waals surface area contributed by atoms with Gasteiger partial charge in [0.05, 0.1) is 13.3 Å². The molecule has 28 heavy (non-hydrogen) atoms. The van der Waals surface area contributed by atoms with E-state index in [2.05, 4.69) is 10.5 Å². The van der Waals surface area contributed by atoms with Gasteiger partial charge >= 0.3 is 0 Å². The molecule has 3 aromatic rings. The summed E-state index contributed by atoms with van der Waals surface area (Å²) in [6.07, 6.45) is 1.56. The Kier molecular flexibility index (Phi) is 6.65. The van der Waals surface area contributed by atoms with Gasteiger partial charge in [0.1, 0.15) is 18.1 Å². The van der Waals surface area contributed by atoms with Gasteiger partial charge in [-0.05, 0) is 53.6 Å². The van der Waals surface area contributed by atoms with Crippen LogP contribution in [0.25, 0.3) is 0 Å². The van der Waals surface area contributed by atoms with Crippen LogP contribution in [0, 0.1) is 0 Å². The Morgan fingerprint density at radius 2 is 1.79 bits per heavy atom. The van der Waals surface area contributed by atoms with Crippen molar-refractivity contribution in [2.24, 2.45) is 5.10 Å². The van der Waals surface area contributed by atoms with Gasteiger partial charge in [-0.1, -0.05) is 41.9 Å². The Balaban J connectivity index is 1.57. The van der Waals surface area contributed by atoms with Gasteiger partial charge in [0.2, 0.25) is 0 Å². The molecule has 1 amide bonds. The summed E-state index contributed by atoms with van der Waals surface area (Å²) in [7, 11) is 1.55. The second kappa shape index (κ2) is 9.58. The maximum atomic E-state index is 12.1. The lowest BCUT2D eigenvalue weighted by molar-refractivity contribution is 0.0955. The number of halogens is 1. The molecule has 1 N–H and O–H groups in total. The monoisotopic (exact) mass is 394 g/mol. The number of hydrogen-bond donors (Lipinski definition) is 1. The molecule has 0 aliphatic heterocycles. The van der Waals surface area contributed by atoms with Gasteiger partial charge in [0.25, 0.3) is 5.91 Å². The molecule has 0 atom stereocenters. The third-order valence-corrected chi connectivity index (χ3v) is 4.14. The summed E-state index contributed by atoms with van der Waals surface area (Å²) in [4.78, 5) is 12.1. The average molecular weight is 395 g/mol. The van der Waals surface area contributed by atoms with Crippen molar-refractivity contribution in [2.75, 3.05) is 7.11 Å². The molecule has 0 saturated heterocycles. The topological polar surface area (TPSA) is 59.9 Å². The second-order valence-electron chi connectivity index (χ2n) is 5.92. The van der Waals surface area contributed by atoms with Crippen molar-refractivity contribution in [1.29, 1.82) is 0 Å². The summed E-state index contributed by atoms with van der Waals surface area (Å²) in [5.41, 5.74) is 4.80. The summed E-state index contributed by atoms with van der Waals surface area (Å²) < 4.78 is 10.9. The van der Waals surface area contributed by atoms with Crippen LogP contribution < -0.4 is 14.9 Å². The van der Waals surface area contributed by atoms with Crippen molar-refractivity contribution < 1.29 is 14.3 Å². The Morgan fingerprint density at radius 3 is 2.57 bits per heavy atom. The summed E-state index contributed by atoms with van der Waals surface area (Å²) in [5.74, 6) is 1.01. The highest BCUT2D eigenvalue weighted by molar-refractivity contribution is 6.30. The number of methoxy groups -OCH3 is 1. The van der Waals surface area contributed by atoms with Crippen LogP contribution in [0.4, 0.5) is 0 Å². The SMILES string of the molecule is COc1cccc(C(=O)N/N=C/c2cccc(OCc3ccc(Cl)cc3)c2)c1. The first-order chi connectivity index (χ1) is 13.6. The van der Waals surface area contributed by atoms with Crippen molar-refractivity contribution in [3.8, 4) is 11.5 Å². The van der Waals surface area contributed by atoms with Crippen LogP contribution in [0.2, 0.25) is 5.02 Å². The highest BCUT2D eigenvalue weighted by Gasteiger charge is 2.05. The molecule has 0 heterocycles. The summed E-state index contributed by atoms with van der Waals surface area (Å²) in [5, 5.41) is 4.70. The lowest BCUT2D eigenvalue weighted by Gasteiger charge is -2.07. The number of amides is 1. The number of ether oxygens (including phenoxy) is 2. The second-order valence-corrected chi connectivity index (χ2v) is 6.36. The van der Waals surface area contributed by atoms with Crippen LogP contribution in [0.15, 0.2) is 77.9 Å². The highest BCUT2D eigenvalue weighted by atomic mass is 35.5. The molecule has 0 unspecified atom stereocenters. The van der Waals surface area contributed by atoms with Crippen LogP contribution in [0.3, 0.4) is 0 Å². The molecule has 3 rings (SSSR count). The van der Waals surface area contributed by atoms with Gasteiger partial charge in [0.15, 0.2) is 0 Å². The smallest absolute Gasteiger partial charge is 0.271 e. The minimum atomic E-state index is -0.315. The molecular formula is C22H19ClN2O3. The number of benzene rings is 3. The zero-order valence-electron chi connectivity index (χ0n) is 15.3. The van der Waals surface area contributed by atoms with Gasteiger partial charge in [-0.15, -0.1) is 0 Å². The van der Waals surface area contributed by atoms with Gasteiger partial charge in [-0.2, -0.15) is 5.10 Å². The van der Waals surface area contributed by atoms with Crippen molar-refractivity contribution in [2.45, 2.75) is 6.61 Å². The van der Waals surface area contributed by atoms with E-state index in [1.165, 1.54) is 0 Å². The summed E-state index contributed by atoms with van der Waals surface area (Å²) >= 11 is 5.88. The van der Waals surface area contributed by atoms with Crippen molar-refractivity contribution >= 4 is 23.7 Å². The maximum absolute atomic E-state index is 12.1. The van der Waals surface area contributed by atoms with E-state index in [0.717, 1.165) is 11.1 Å². The lowest BCUT2D eigenvalue weighted by atomic mass is 10.2. The Hall–Kier alpha value is -3.31. The quantitative estimate of drug-likeness (QED) is 0.467. The van der Waals surface area contributed by atoms with Crippen LogP contribution in [0.1, 0.15) is 21.5 Å². The molecule has 142 valence electrons. The van der Waals surface area contributed by atoms with Crippen LogP contribution >= 0.6 is 11.6 Å². The predicted molar refractivity (Wildman–Crippen MR) is 110 cm³/mol. The Bertz CT molecular complexity index is 972. The fraction of sp³-hybridized carbons (Fsp3) is 0.0909. The molecule has 0 aliphatic rings. The van der Waals surface area contributed by atoms with E-state index < -0.39 is 0 Å². The van der Waals surface area contributed by atoms with E-state index in [0.29, 0.717) is 28.7 Å². The molecule has 0 fully saturated rings. The molecule has 0 radical (unpaired) electrons. The molecule has 0 saturated carbocycles. The van der Waals surface area contributed by atoms with Crippen molar-refractivity contribution in [3.05, 3.63) is 94.5 Å². The fourth-order valence-corrected chi connectivity index (χ4v) is 2.55. The molecule has 0 aromatic heterocycles. The number of rotatable bonds is 7. The molecule has 0 bridgehead atoms. The number of hydrazone groups is 1. The lowest BCUT2D eigenvalue weighted by Crippen LogP contribution is -2.17. The van der Waals surface area contributed by atoms with Crippen molar-refractivity contribution in [3.63, 3.8) is 0 Å². The molecule has 5 nitrogen and oxygen atoms in total. The maximum Gasteiger partial charge on any atom is 0.271 e. The predicted octanol–water partition coefficient (Wildman–Crippen LogP) is 4.69. The molecule has 6 heteroatoms. The summed E-state index contributed by atoms with van der Waals surface area (Å²) in [6.45, 7) is 0.435. The number of hydrogen-bond acceptors (Lipinski definition) is 4. The molecular weight excluding hydrogens is 376 g/mol. The van der Waals surface area contributed by atoms with Gasteiger partial charge < -0.3 is 9.47 Å². The third kappa shape index (κ3) is 5.59. The van der Waals surface area contributed by atoms with E-state index in [1.807, 2.05) is 48.5 Å². The first-order valence-corrected chi connectivity index (χ1v) is 8.96. The van der Waals surface area contributed by atoms with Crippen LogP contribution in [-0.2, 0) is 6.61 Å². The largest absolute Gasteiger partial charge is 0.497 e. The summed E-state index contributed by atoms with van der Waals surface area (Å²) in [6, 6.07) is 21.8. The molecule has 0 spiro atoms. The van der Waals surface area contributed by atoms with Gasteiger partial charge in [-0.3, -0.25) is 4.79 Å². The van der Waals surface area contributed by atoms with E-state index in [1.54, 1.807) is 37.6 Å². The van der Waals surface area contributed by atoms with Crippen molar-refractivity contribution in [1.82, 2.24) is 5.43 Å². The number of carbonyl (C=O) groups is 1. The normalized spacial score (nSPS) is 10.6. The fourth-order valence-electron chi connectivity index (χ4n) is 2.43. The van der Waals surface area contributed by atoms with Crippen LogP contribution in [-0.4, -0.2) is 19.2 Å². The first-order valence-electron chi connectivity index (χ1n) is 8.59. The zero-order valence-corrected chi connectivity index (χ0v) is 16.0. The average Bonchev–Trinajstić information content (AvgIpc) is 2.73. The number of nitrogens with zero attached hydrogens (tertiary/aromatic N) is 1. The first kappa shape index (κ1) is 19.5. The van der Waals surface area contributed by atoms with E-state index in [9.17, 15) is 4.79 Å². The Morgan fingerprint density at radius 1 is 1.04 bits per heavy atom. The van der Waals surface area contributed by atoms with E-state index in [-0.39, 0.29) is 5.91 Å². The minimum Gasteiger partial charge on any atom is -0.497 e. The van der Waals surface area contributed by atoms with E-state index >= 15 is 0 Å². The Labute approximate surface area is 168 Å². The third-order valence-electron chi connectivity index (χ3n) is 3.89. The number of nitrogens with one attached hydrogen (secondary N) is 1. The van der Waals surface area contributed by atoms with Crippen LogP contribution in [0.5, 0.6) is 11.5 Å². The minimum absolute atomic E-state index is 0.315.